The first kappa shape index (κ1) is 14.5. The molecule has 0 aliphatic rings. The van der Waals surface area contributed by atoms with Crippen molar-refractivity contribution < 1.29 is 4.79 Å². The van der Waals surface area contributed by atoms with E-state index >= 15 is 0 Å². The SMILES string of the molecule is CN(C)/N=N/c1ccc(C(=O)c2ccc(N=O)cc2)cc1. The number of rotatable bonds is 5. The lowest BCUT2D eigenvalue weighted by atomic mass is 10.0. The Hall–Kier alpha value is -2.89. The second-order valence-corrected chi connectivity index (χ2v) is 4.55. The number of carbonyl (C=O) groups excluding carboxylic acids is 1. The molecule has 6 heteroatoms. The minimum absolute atomic E-state index is 0.122. The zero-order valence-corrected chi connectivity index (χ0v) is 11.7. The van der Waals surface area contributed by atoms with Crippen molar-refractivity contribution in [3.8, 4) is 0 Å². The smallest absolute Gasteiger partial charge is 0.193 e. The Morgan fingerprint density at radius 3 is 1.76 bits per heavy atom. The highest BCUT2D eigenvalue weighted by molar-refractivity contribution is 6.09. The van der Waals surface area contributed by atoms with Crippen LogP contribution in [-0.4, -0.2) is 24.9 Å². The summed E-state index contributed by atoms with van der Waals surface area (Å²) in [5.41, 5.74) is 2.02. The van der Waals surface area contributed by atoms with Crippen LogP contribution >= 0.6 is 0 Å². The predicted octanol–water partition coefficient (Wildman–Crippen LogP) is 3.88. The van der Waals surface area contributed by atoms with E-state index in [0.717, 1.165) is 0 Å². The van der Waals surface area contributed by atoms with Gasteiger partial charge in [0.1, 0.15) is 5.69 Å². The molecule has 0 N–H and O–H groups in total. The molecule has 0 aromatic heterocycles. The number of hydrogen-bond acceptors (Lipinski definition) is 5. The molecule has 0 radical (unpaired) electrons. The van der Waals surface area contributed by atoms with Gasteiger partial charge in [-0.05, 0) is 53.7 Å². The van der Waals surface area contributed by atoms with Crippen molar-refractivity contribution in [3.63, 3.8) is 0 Å². The third-order valence-electron chi connectivity index (χ3n) is 2.70. The highest BCUT2D eigenvalue weighted by Gasteiger charge is 2.08. The zero-order chi connectivity index (χ0) is 15.2. The van der Waals surface area contributed by atoms with Crippen LogP contribution in [0.4, 0.5) is 11.4 Å². The maximum Gasteiger partial charge on any atom is 0.193 e. The number of hydrogen-bond donors (Lipinski definition) is 0. The molecule has 0 saturated heterocycles. The van der Waals surface area contributed by atoms with Gasteiger partial charge in [0.05, 0.1) is 5.69 Å². The van der Waals surface area contributed by atoms with E-state index in [9.17, 15) is 9.70 Å². The summed E-state index contributed by atoms with van der Waals surface area (Å²) in [7, 11) is 3.55. The molecule has 2 aromatic rings. The molecule has 2 aromatic carbocycles. The summed E-state index contributed by atoms with van der Waals surface area (Å²) >= 11 is 0. The Bertz CT molecular complexity index is 661. The fourth-order valence-corrected chi connectivity index (χ4v) is 1.66. The van der Waals surface area contributed by atoms with E-state index in [4.69, 9.17) is 0 Å². The Morgan fingerprint density at radius 1 is 0.857 bits per heavy atom. The topological polar surface area (TPSA) is 74.5 Å². The average molecular weight is 282 g/mol. The molecule has 21 heavy (non-hydrogen) atoms. The summed E-state index contributed by atoms with van der Waals surface area (Å²) < 4.78 is 0. The van der Waals surface area contributed by atoms with Crippen LogP contribution in [0.1, 0.15) is 15.9 Å². The molecule has 0 unspecified atom stereocenters. The minimum Gasteiger partial charge on any atom is -0.289 e. The lowest BCUT2D eigenvalue weighted by molar-refractivity contribution is 0.103. The van der Waals surface area contributed by atoms with Crippen molar-refractivity contribution in [2.75, 3.05) is 14.1 Å². The van der Waals surface area contributed by atoms with Crippen LogP contribution in [0.2, 0.25) is 0 Å². The summed E-state index contributed by atoms with van der Waals surface area (Å²) in [5.74, 6) is -0.122. The first-order chi connectivity index (χ1) is 10.1. The van der Waals surface area contributed by atoms with E-state index in [2.05, 4.69) is 15.5 Å². The highest BCUT2D eigenvalue weighted by atomic mass is 16.3. The van der Waals surface area contributed by atoms with E-state index in [1.54, 1.807) is 55.5 Å². The Balaban J connectivity index is 2.17. The van der Waals surface area contributed by atoms with Crippen LogP contribution in [0.5, 0.6) is 0 Å². The molecule has 2 rings (SSSR count). The van der Waals surface area contributed by atoms with E-state index in [-0.39, 0.29) is 5.78 Å². The van der Waals surface area contributed by atoms with Gasteiger partial charge >= 0.3 is 0 Å². The first-order valence-electron chi connectivity index (χ1n) is 6.27. The van der Waals surface area contributed by atoms with E-state index in [1.165, 1.54) is 12.1 Å². The summed E-state index contributed by atoms with van der Waals surface area (Å²) in [4.78, 5) is 22.6. The molecule has 106 valence electrons. The second kappa shape index (κ2) is 6.51. The molecule has 0 bridgehead atoms. The van der Waals surface area contributed by atoms with Crippen molar-refractivity contribution in [3.05, 3.63) is 64.6 Å². The minimum atomic E-state index is -0.122. The molecule has 0 spiro atoms. The van der Waals surface area contributed by atoms with Crippen LogP contribution in [0.3, 0.4) is 0 Å². The van der Waals surface area contributed by atoms with Crippen LogP contribution in [0.25, 0.3) is 0 Å². The number of nitrogens with zero attached hydrogens (tertiary/aromatic N) is 4. The van der Waals surface area contributed by atoms with Crippen molar-refractivity contribution in [1.82, 2.24) is 5.01 Å². The molecule has 6 nitrogen and oxygen atoms in total. The summed E-state index contributed by atoms with van der Waals surface area (Å²) in [6.45, 7) is 0. The number of ketones is 1. The zero-order valence-electron chi connectivity index (χ0n) is 11.7. The van der Waals surface area contributed by atoms with Crippen molar-refractivity contribution >= 4 is 17.2 Å². The lowest BCUT2D eigenvalue weighted by Gasteiger charge is -2.03. The quantitative estimate of drug-likeness (QED) is 0.361. The van der Waals surface area contributed by atoms with E-state index < -0.39 is 0 Å². The van der Waals surface area contributed by atoms with Gasteiger partial charge in [0.2, 0.25) is 0 Å². The van der Waals surface area contributed by atoms with Crippen LogP contribution in [0, 0.1) is 4.91 Å². The van der Waals surface area contributed by atoms with Crippen molar-refractivity contribution in [2.24, 2.45) is 15.5 Å². The Kier molecular flexibility index (Phi) is 4.50. The fraction of sp³-hybridized carbons (Fsp3) is 0.133. The average Bonchev–Trinajstić information content (AvgIpc) is 2.53. The summed E-state index contributed by atoms with van der Waals surface area (Å²) in [6.07, 6.45) is 0. The van der Waals surface area contributed by atoms with Gasteiger partial charge in [-0.3, -0.25) is 9.80 Å². The molecule has 0 atom stereocenters. The van der Waals surface area contributed by atoms with Gasteiger partial charge in [-0.15, -0.1) is 10.0 Å². The lowest BCUT2D eigenvalue weighted by Crippen LogP contribution is -2.00. The Morgan fingerprint density at radius 2 is 1.33 bits per heavy atom. The first-order valence-corrected chi connectivity index (χ1v) is 6.27. The molecule has 0 fully saturated rings. The maximum absolute atomic E-state index is 12.3. The molecule has 0 saturated carbocycles. The van der Waals surface area contributed by atoms with Gasteiger partial charge in [0, 0.05) is 25.2 Å². The second-order valence-electron chi connectivity index (χ2n) is 4.55. The fourth-order valence-electron chi connectivity index (χ4n) is 1.66. The molecule has 0 amide bonds. The standard InChI is InChI=1S/C15H14N4O2/c1-19(2)18-16-13-7-3-11(4-8-13)15(20)12-5-9-14(17-21)10-6-12/h3-10H,1-2H3/b18-16+. The number of benzene rings is 2. The van der Waals surface area contributed by atoms with Gasteiger partial charge in [0.25, 0.3) is 0 Å². The largest absolute Gasteiger partial charge is 0.289 e. The molecule has 0 aliphatic carbocycles. The molecular weight excluding hydrogens is 268 g/mol. The molecule has 0 heterocycles. The Labute approximate surface area is 122 Å². The third kappa shape index (κ3) is 3.79. The molecule has 0 aliphatic heterocycles. The molecular formula is C15H14N4O2. The summed E-state index contributed by atoms with van der Waals surface area (Å²) in [6, 6.07) is 13.0. The summed E-state index contributed by atoms with van der Waals surface area (Å²) in [5, 5.41) is 12.3. The van der Waals surface area contributed by atoms with Crippen LogP contribution < -0.4 is 0 Å². The third-order valence-corrected chi connectivity index (χ3v) is 2.70. The van der Waals surface area contributed by atoms with Crippen LogP contribution in [-0.2, 0) is 0 Å². The number of carbonyl (C=O) groups is 1. The van der Waals surface area contributed by atoms with E-state index in [1.807, 2.05) is 0 Å². The van der Waals surface area contributed by atoms with Gasteiger partial charge < -0.3 is 0 Å². The van der Waals surface area contributed by atoms with Crippen LogP contribution in [0.15, 0.2) is 64.0 Å². The maximum atomic E-state index is 12.3. The van der Waals surface area contributed by atoms with Gasteiger partial charge in [-0.25, -0.2) is 0 Å². The van der Waals surface area contributed by atoms with Gasteiger partial charge in [-0.2, -0.15) is 0 Å². The highest BCUT2D eigenvalue weighted by Crippen LogP contribution is 2.18. The van der Waals surface area contributed by atoms with Gasteiger partial charge in [0.15, 0.2) is 5.78 Å². The van der Waals surface area contributed by atoms with Gasteiger partial charge in [-0.1, -0.05) is 5.22 Å². The monoisotopic (exact) mass is 282 g/mol. The van der Waals surface area contributed by atoms with Crippen molar-refractivity contribution in [1.29, 1.82) is 0 Å². The predicted molar refractivity (Wildman–Crippen MR) is 80.0 cm³/mol. The van der Waals surface area contributed by atoms with Crippen molar-refractivity contribution in [2.45, 2.75) is 0 Å². The van der Waals surface area contributed by atoms with E-state index in [0.29, 0.717) is 22.5 Å². The normalized spacial score (nSPS) is 10.6. The number of nitroso groups, excluding NO2 is 1.